The van der Waals surface area contributed by atoms with Gasteiger partial charge < -0.3 is 41.5 Å². The number of carbonyl (C=O) groups is 9. The number of nitrogens with one attached hydrogen (secondary N) is 9. The van der Waals surface area contributed by atoms with E-state index in [0.29, 0.717) is 42.7 Å². The van der Waals surface area contributed by atoms with Crippen molar-refractivity contribution in [3.8, 4) is 5.75 Å². The predicted octanol–water partition coefficient (Wildman–Crippen LogP) is 4.68. The highest BCUT2D eigenvalue weighted by molar-refractivity contribution is 7.86. The maximum atomic E-state index is 14.6. The lowest BCUT2D eigenvalue weighted by Gasteiger charge is -2.27. The number of hydrazine groups is 1. The van der Waals surface area contributed by atoms with Crippen LogP contribution in [-0.4, -0.2) is 131 Å². The van der Waals surface area contributed by atoms with Gasteiger partial charge in [0.15, 0.2) is 0 Å². The molecule has 1 fully saturated rings. The zero-order valence-electron chi connectivity index (χ0n) is 52.3. The number of hydrogen-bond acceptors (Lipinski definition) is 15. The number of hydrogen-bond donors (Lipinski definition) is 10. The molecule has 1 aliphatic rings. The van der Waals surface area contributed by atoms with Crippen molar-refractivity contribution in [1.29, 1.82) is 0 Å². The van der Waals surface area contributed by atoms with Gasteiger partial charge in [0.25, 0.3) is 27.8 Å². The molecule has 6 rings (SSSR count). The summed E-state index contributed by atoms with van der Waals surface area (Å²) in [6.07, 6.45) is 4.24. The third-order valence-electron chi connectivity index (χ3n) is 14.3. The van der Waals surface area contributed by atoms with Crippen LogP contribution in [0.1, 0.15) is 130 Å². The molecule has 5 aromatic rings. The lowest BCUT2D eigenvalue weighted by atomic mass is 10.00. The summed E-state index contributed by atoms with van der Waals surface area (Å²) in [5, 5.41) is 20.5. The molecule has 0 spiro atoms. The minimum atomic E-state index is -4.48. The predicted molar refractivity (Wildman–Crippen MR) is 340 cm³/mol. The van der Waals surface area contributed by atoms with Crippen LogP contribution in [0, 0.1) is 11.8 Å². The molecule has 1 aromatic heterocycles. The Hall–Kier alpha value is -9.56. The average molecular weight is 1270 g/mol. The molecule has 2 heterocycles. The van der Waals surface area contributed by atoms with Crippen LogP contribution in [0.25, 0.3) is 0 Å². The molecule has 1 aliphatic heterocycles. The fraction of sp³-hybridized carbons (Fsp3) is 0.400. The van der Waals surface area contributed by atoms with Crippen LogP contribution in [-0.2, 0) is 63.1 Å². The second-order valence-electron chi connectivity index (χ2n) is 23.9. The highest BCUT2D eigenvalue weighted by atomic mass is 32.2. The van der Waals surface area contributed by atoms with E-state index in [9.17, 15) is 56.1 Å². The van der Waals surface area contributed by atoms with Crippen molar-refractivity contribution in [2.75, 3.05) is 18.5 Å². The standard InChI is InChI=1S/C65H82N12O13S/c1-40(2)33-51(73-64(86)54-18-14-32-77(54)42(5)78)60(82)68-39-57(79)70-50(30-24-43-15-10-9-11-16-43)61(83)72-53(35-44-22-28-49(29-23-44)90-65(6,7)8)62(84)71-52(34-41(3)4)63(85)76-75-59(81)46-25-20-45(21-26-46)36-67-58(80)48-27-31-56(66-37-48)74-69-38-47-17-12-13-19-55(47)91(87,88)89/h9-13,15-17,19-23,25-29,31,37-38,40-41,50-54H,14,18,24,30,32-36,39H2,1-8H3,(H,66,74)(H,67,80)(H,68,82)(H,70,79)(H,71,84)(H,72,83)(H,73,86)(H,75,81)(H,76,85)(H,87,88,89)/b69-38+/t50-,51-,52-,53-,54-/m0/s1. The molecule has 1 saturated heterocycles. The molecule has 0 saturated carbocycles. The molecule has 486 valence electrons. The Labute approximate surface area is 530 Å². The maximum absolute atomic E-state index is 14.6. The lowest BCUT2D eigenvalue weighted by molar-refractivity contribution is -0.138. The first-order chi connectivity index (χ1) is 43.1. The largest absolute Gasteiger partial charge is 0.488 e. The maximum Gasteiger partial charge on any atom is 0.295 e. The number of aryl methyl sites for hydroxylation is 1. The summed E-state index contributed by atoms with van der Waals surface area (Å²) in [6, 6.07) is 25.5. The van der Waals surface area contributed by atoms with Gasteiger partial charge in [-0.2, -0.15) is 13.5 Å². The van der Waals surface area contributed by atoms with Gasteiger partial charge >= 0.3 is 0 Å². The Morgan fingerprint density at radius 1 is 0.670 bits per heavy atom. The van der Waals surface area contributed by atoms with E-state index in [4.69, 9.17) is 4.74 Å². The Morgan fingerprint density at radius 3 is 1.91 bits per heavy atom. The van der Waals surface area contributed by atoms with Crippen LogP contribution in [0.3, 0.4) is 0 Å². The van der Waals surface area contributed by atoms with Crippen molar-refractivity contribution in [2.45, 2.75) is 148 Å². The van der Waals surface area contributed by atoms with E-state index in [1.54, 1.807) is 42.5 Å². The molecule has 0 radical (unpaired) electrons. The lowest BCUT2D eigenvalue weighted by Crippen LogP contribution is -2.59. The molecule has 0 aliphatic carbocycles. The zero-order valence-corrected chi connectivity index (χ0v) is 53.1. The van der Waals surface area contributed by atoms with Crippen molar-refractivity contribution in [3.63, 3.8) is 0 Å². The zero-order chi connectivity index (χ0) is 66.4. The van der Waals surface area contributed by atoms with Crippen molar-refractivity contribution >= 4 is 75.3 Å². The molecule has 9 amide bonds. The summed E-state index contributed by atoms with van der Waals surface area (Å²) in [4.78, 5) is 128. The van der Waals surface area contributed by atoms with E-state index in [1.165, 1.54) is 66.7 Å². The van der Waals surface area contributed by atoms with Crippen molar-refractivity contribution in [2.24, 2.45) is 16.9 Å². The molecular formula is C65H82N12O13S. The van der Waals surface area contributed by atoms with Gasteiger partial charge in [-0.3, -0.25) is 64.0 Å². The number of nitrogens with zero attached hydrogens (tertiary/aromatic N) is 3. The molecule has 91 heavy (non-hydrogen) atoms. The number of amides is 9. The van der Waals surface area contributed by atoms with Gasteiger partial charge in [-0.15, -0.1) is 0 Å². The highest BCUT2D eigenvalue weighted by Gasteiger charge is 2.36. The van der Waals surface area contributed by atoms with E-state index in [0.717, 1.165) is 5.56 Å². The Balaban J connectivity index is 1.09. The van der Waals surface area contributed by atoms with E-state index in [1.807, 2.05) is 78.8 Å². The second kappa shape index (κ2) is 33.3. The third-order valence-corrected chi connectivity index (χ3v) is 15.2. The van der Waals surface area contributed by atoms with E-state index in [-0.39, 0.29) is 77.4 Å². The Bertz CT molecular complexity index is 3490. The number of carbonyl (C=O) groups excluding carboxylic acids is 9. The smallest absolute Gasteiger partial charge is 0.295 e. The van der Waals surface area contributed by atoms with Gasteiger partial charge in [-0.05, 0) is 130 Å². The number of aromatic nitrogens is 1. The summed E-state index contributed by atoms with van der Waals surface area (Å²) in [5.41, 5.74) is 9.52. The first-order valence-corrected chi connectivity index (χ1v) is 31.4. The fourth-order valence-corrected chi connectivity index (χ4v) is 10.5. The quantitative estimate of drug-likeness (QED) is 0.0177. The number of pyridine rings is 1. The average Bonchev–Trinajstić information content (AvgIpc) is 2.37. The number of anilines is 1. The molecule has 5 atom stereocenters. The van der Waals surface area contributed by atoms with Crippen LogP contribution in [0.4, 0.5) is 5.82 Å². The Morgan fingerprint density at radius 2 is 1.29 bits per heavy atom. The van der Waals surface area contributed by atoms with Gasteiger partial charge in [0, 0.05) is 43.8 Å². The first-order valence-electron chi connectivity index (χ1n) is 30.0. The van der Waals surface area contributed by atoms with E-state index < -0.39 is 99.7 Å². The number of ether oxygens (including phenoxy) is 1. The summed E-state index contributed by atoms with van der Waals surface area (Å²) < 4.78 is 38.8. The van der Waals surface area contributed by atoms with Gasteiger partial charge in [0.2, 0.25) is 35.4 Å². The summed E-state index contributed by atoms with van der Waals surface area (Å²) >= 11 is 0. The van der Waals surface area contributed by atoms with Crippen LogP contribution in [0.5, 0.6) is 5.75 Å². The summed E-state index contributed by atoms with van der Waals surface area (Å²) in [6.45, 7) is 14.4. The molecule has 0 unspecified atom stereocenters. The fourth-order valence-electron chi connectivity index (χ4n) is 9.81. The van der Waals surface area contributed by atoms with Crippen molar-refractivity contribution in [3.05, 3.63) is 155 Å². The molecule has 25 nitrogen and oxygen atoms in total. The SMILES string of the molecule is CC(=O)N1CCC[C@H]1C(=O)N[C@@H](CC(C)C)C(=O)NCC(=O)N[C@@H](CCc1ccccc1)C(=O)N[C@@H](Cc1ccc(OC(C)(C)C)cc1)C(=O)N[C@@H](CC(C)C)C(=O)NNC(=O)c1ccc(CNC(=O)c2ccc(N/N=C/c3ccccc3S(=O)(=O)O)nc2)cc1. The van der Waals surface area contributed by atoms with Gasteiger partial charge in [-0.1, -0.05) is 100 Å². The molecular weight excluding hydrogens is 1190 g/mol. The van der Waals surface area contributed by atoms with E-state index in [2.05, 4.69) is 58.3 Å². The molecule has 10 N–H and O–H groups in total. The van der Waals surface area contributed by atoms with Crippen molar-refractivity contribution in [1.82, 2.24) is 52.6 Å². The summed E-state index contributed by atoms with van der Waals surface area (Å²) in [7, 11) is -4.48. The number of likely N-dealkylation sites (tertiary alicyclic amines) is 1. The van der Waals surface area contributed by atoms with Crippen molar-refractivity contribution < 1.29 is 60.9 Å². The molecule has 4 aromatic carbocycles. The first kappa shape index (κ1) is 70.5. The van der Waals surface area contributed by atoms with Gasteiger partial charge in [0.05, 0.1) is 18.3 Å². The number of benzene rings is 4. The molecule has 0 bridgehead atoms. The second-order valence-corrected chi connectivity index (χ2v) is 25.3. The van der Waals surface area contributed by atoms with E-state index >= 15 is 0 Å². The highest BCUT2D eigenvalue weighted by Crippen LogP contribution is 2.22. The van der Waals surface area contributed by atoms with Crippen LogP contribution in [0.15, 0.2) is 131 Å². The minimum Gasteiger partial charge on any atom is -0.488 e. The minimum absolute atomic E-state index is 0.0382. The van der Waals surface area contributed by atoms with Gasteiger partial charge in [-0.25, -0.2) is 4.98 Å². The molecule has 26 heteroatoms. The van der Waals surface area contributed by atoms with Gasteiger partial charge in [0.1, 0.15) is 52.3 Å². The third kappa shape index (κ3) is 23.1. The monoisotopic (exact) mass is 1270 g/mol. The summed E-state index contributed by atoms with van der Waals surface area (Å²) in [5.74, 6) is -4.89. The van der Waals surface area contributed by atoms with Crippen LogP contribution < -0.4 is 52.9 Å². The van der Waals surface area contributed by atoms with Crippen LogP contribution >= 0.6 is 0 Å². The Kier molecular flexibility index (Phi) is 25.8. The number of hydrazone groups is 1. The number of rotatable bonds is 29. The topological polar surface area (TPSA) is 354 Å². The van der Waals surface area contributed by atoms with Crippen LogP contribution in [0.2, 0.25) is 0 Å². The normalized spacial score (nSPS) is 14.5.